The number of imide groups is 1. The smallest absolute Gasteiger partial charge is 0.325 e. The number of nitrogens with zero attached hydrogens (tertiary/aromatic N) is 1. The number of unbranched alkanes of at least 4 members (excludes halogenated alkanes) is 2. The Labute approximate surface area is 381 Å². The van der Waals surface area contributed by atoms with Crippen molar-refractivity contribution in [2.24, 2.45) is 40.7 Å². The maximum absolute atomic E-state index is 14.7. The zero-order chi connectivity index (χ0) is 47.1. The minimum atomic E-state index is -1.32. The molecule has 6 rings (SSSR count). The molecule has 17 heteroatoms. The summed E-state index contributed by atoms with van der Waals surface area (Å²) < 4.78 is 31.1. The summed E-state index contributed by atoms with van der Waals surface area (Å²) in [6.07, 6.45) is 11.2. The molecule has 2 saturated heterocycles. The van der Waals surface area contributed by atoms with Crippen LogP contribution in [0.2, 0.25) is 0 Å². The summed E-state index contributed by atoms with van der Waals surface area (Å²) in [6.45, 7) is 9.24. The molecule has 0 aromatic carbocycles. The van der Waals surface area contributed by atoms with E-state index < -0.39 is 66.4 Å². The fraction of sp³-hybridized carbons (Fsp3) is 0.729. The first-order valence-corrected chi connectivity index (χ1v) is 23.7. The molecule has 0 spiro atoms. The number of amides is 4. The monoisotopic (exact) mass is 910 g/mol. The van der Waals surface area contributed by atoms with Gasteiger partial charge >= 0.3 is 5.97 Å². The average molecular weight is 911 g/mol. The van der Waals surface area contributed by atoms with E-state index in [0.717, 1.165) is 23.3 Å². The average Bonchev–Trinajstić information content (AvgIpc) is 3.88. The zero-order valence-electron chi connectivity index (χ0n) is 38.6. The van der Waals surface area contributed by atoms with Crippen molar-refractivity contribution < 1.29 is 62.4 Å². The molecule has 3 saturated carbocycles. The van der Waals surface area contributed by atoms with Crippen LogP contribution in [0.15, 0.2) is 36.1 Å². The largest absolute Gasteiger partial charge is 0.462 e. The zero-order valence-corrected chi connectivity index (χ0v) is 38.6. The molecule has 5 N–H and O–H groups in total. The maximum Gasteiger partial charge on any atom is 0.325 e. The van der Waals surface area contributed by atoms with E-state index in [0.29, 0.717) is 64.2 Å². The Balaban J connectivity index is 0.967. The molecular weight excluding hydrogens is 841 g/mol. The number of ether oxygens (including phenoxy) is 5. The van der Waals surface area contributed by atoms with Crippen LogP contribution in [0.4, 0.5) is 0 Å². The molecule has 65 heavy (non-hydrogen) atoms. The lowest BCUT2D eigenvalue weighted by Crippen LogP contribution is -2.62. The Morgan fingerprint density at radius 2 is 1.82 bits per heavy atom. The van der Waals surface area contributed by atoms with Gasteiger partial charge in [0, 0.05) is 36.6 Å². The molecule has 0 bridgehead atoms. The molecule has 12 atom stereocenters. The summed E-state index contributed by atoms with van der Waals surface area (Å²) in [6, 6.07) is -0.876. The van der Waals surface area contributed by atoms with Gasteiger partial charge in [0.2, 0.25) is 11.8 Å². The molecule has 3 heterocycles. The van der Waals surface area contributed by atoms with Crippen molar-refractivity contribution >= 4 is 41.2 Å². The van der Waals surface area contributed by atoms with E-state index in [9.17, 15) is 38.7 Å². The van der Waals surface area contributed by atoms with Crippen molar-refractivity contribution in [2.75, 3.05) is 26.3 Å². The van der Waals surface area contributed by atoms with E-state index in [1.54, 1.807) is 19.9 Å². The summed E-state index contributed by atoms with van der Waals surface area (Å²) in [4.78, 5) is 90.1. The Bertz CT molecular complexity index is 1860. The van der Waals surface area contributed by atoms with Crippen molar-refractivity contribution in [1.82, 2.24) is 15.5 Å². The van der Waals surface area contributed by atoms with Crippen LogP contribution < -0.4 is 16.4 Å². The van der Waals surface area contributed by atoms with E-state index in [2.05, 4.69) is 24.5 Å². The maximum atomic E-state index is 14.7. The van der Waals surface area contributed by atoms with Crippen LogP contribution in [0.5, 0.6) is 0 Å². The number of Topliss-reactive ketones (excluding diaryl/α,β-unsaturated/α-hetero) is 1. The summed E-state index contributed by atoms with van der Waals surface area (Å²) in [7, 11) is 0. The van der Waals surface area contributed by atoms with Gasteiger partial charge < -0.3 is 45.2 Å². The van der Waals surface area contributed by atoms with Crippen LogP contribution >= 0.6 is 0 Å². The third-order valence-electron chi connectivity index (χ3n) is 14.8. The van der Waals surface area contributed by atoms with Crippen LogP contribution in [0.25, 0.3) is 0 Å². The molecule has 4 amide bonds. The topological polar surface area (TPSA) is 239 Å². The number of ketones is 2. The second-order valence-electron chi connectivity index (χ2n) is 19.3. The van der Waals surface area contributed by atoms with Crippen molar-refractivity contribution in [3.05, 3.63) is 36.1 Å². The fourth-order valence-electron chi connectivity index (χ4n) is 11.6. The number of aliphatic hydroxyl groups is 1. The first-order chi connectivity index (χ1) is 31.0. The normalized spacial score (nSPS) is 34.1. The van der Waals surface area contributed by atoms with Crippen LogP contribution in [-0.4, -0.2) is 120 Å². The summed E-state index contributed by atoms with van der Waals surface area (Å²) in [5.74, 6) is -2.86. The summed E-state index contributed by atoms with van der Waals surface area (Å²) >= 11 is 0. The lowest BCUT2D eigenvalue weighted by molar-refractivity contribution is -0.219. The van der Waals surface area contributed by atoms with Crippen molar-refractivity contribution in [3.8, 4) is 0 Å². The van der Waals surface area contributed by atoms with Crippen LogP contribution in [0, 0.1) is 35.0 Å². The van der Waals surface area contributed by atoms with Crippen LogP contribution in [0.1, 0.15) is 118 Å². The molecule has 6 aliphatic rings. The molecule has 0 radical (unpaired) electrons. The number of carbonyl (C=O) groups is 7. The Morgan fingerprint density at radius 1 is 1.06 bits per heavy atom. The molecule has 3 aliphatic carbocycles. The third kappa shape index (κ3) is 11.1. The predicted octanol–water partition coefficient (Wildman–Crippen LogP) is 3.45. The number of hydrogen-bond acceptors (Lipinski definition) is 14. The highest BCUT2D eigenvalue weighted by Gasteiger charge is 2.75. The Kier molecular flexibility index (Phi) is 17.0. The van der Waals surface area contributed by atoms with Gasteiger partial charge in [0.25, 0.3) is 11.8 Å². The first kappa shape index (κ1) is 50.1. The van der Waals surface area contributed by atoms with Gasteiger partial charge in [-0.1, -0.05) is 53.0 Å². The number of esters is 1. The second-order valence-corrected chi connectivity index (χ2v) is 19.3. The van der Waals surface area contributed by atoms with E-state index >= 15 is 0 Å². The molecule has 5 fully saturated rings. The van der Waals surface area contributed by atoms with Gasteiger partial charge in [0.05, 0.1) is 18.3 Å². The number of carbonyl (C=O) groups excluding carboxylic acids is 7. The summed E-state index contributed by atoms with van der Waals surface area (Å²) in [5, 5.41) is 17.2. The van der Waals surface area contributed by atoms with E-state index in [-0.39, 0.29) is 85.1 Å². The quantitative estimate of drug-likeness (QED) is 0.0559. The summed E-state index contributed by atoms with van der Waals surface area (Å²) in [5.41, 5.74) is 4.40. The van der Waals surface area contributed by atoms with E-state index in [4.69, 9.17) is 29.4 Å². The van der Waals surface area contributed by atoms with Crippen molar-refractivity contribution in [2.45, 2.75) is 161 Å². The Morgan fingerprint density at radius 3 is 2.52 bits per heavy atom. The number of fused-ring (bicyclic) bond motifs is 5. The lowest BCUT2D eigenvalue weighted by atomic mass is 9.50. The van der Waals surface area contributed by atoms with Crippen molar-refractivity contribution in [1.29, 1.82) is 0 Å². The standard InChI is InChI=1S/C48H70N4O13/c1-6-11-43-64-37-23-34-33-16-15-30(22-31(53)19-20-49)29(4)44(33)35(54)24-47(34,5)48(37,65-43)36(55)27-62-42-14-10-12-32(63-42)26-61-41(59)25-50-46(60)45(28(2)3)51-38(56)13-8-7-9-21-52-39(57)17-18-40(52)58/h17-20,22,28-29,32-35,37,42-45,54H,6-16,21,23-27,49H2,1-5H3,(H,50,60)(H,51,56)/b20-19-,30-22-. The van der Waals surface area contributed by atoms with Gasteiger partial charge in [0.1, 0.15) is 25.8 Å². The highest BCUT2D eigenvalue weighted by atomic mass is 16.7. The molecule has 0 aromatic rings. The van der Waals surface area contributed by atoms with Crippen LogP contribution in [-0.2, 0) is 57.2 Å². The number of hydrogen-bond donors (Lipinski definition) is 4. The molecule has 3 aliphatic heterocycles. The number of rotatable bonds is 21. The van der Waals surface area contributed by atoms with E-state index in [1.165, 1.54) is 24.4 Å². The number of nitrogens with one attached hydrogen (secondary N) is 2. The SMILES string of the molecule is CCCC1OC2CC3C4CC/C(=C/C(=O)/C=C\N)C(C)C4C(O)CC3(C)C2(C(=O)COC2CCCC(COC(=O)CNC(=O)C(NC(=O)CCCCCN3C(=O)C=CC3=O)C(C)C)O2)O1. The van der Waals surface area contributed by atoms with Crippen LogP contribution in [0.3, 0.4) is 0 Å². The molecule has 0 aromatic heterocycles. The van der Waals surface area contributed by atoms with Gasteiger partial charge in [-0.15, -0.1) is 0 Å². The van der Waals surface area contributed by atoms with Gasteiger partial charge in [-0.05, 0) is 106 Å². The van der Waals surface area contributed by atoms with Gasteiger partial charge in [-0.25, -0.2) is 0 Å². The number of nitrogens with two attached hydrogens (primary N) is 1. The third-order valence-corrected chi connectivity index (χ3v) is 14.8. The Hall–Kier alpha value is -4.29. The van der Waals surface area contributed by atoms with Crippen molar-refractivity contribution in [3.63, 3.8) is 0 Å². The number of allylic oxidation sites excluding steroid dienone is 3. The minimum absolute atomic E-state index is 0.0260. The highest BCUT2D eigenvalue weighted by molar-refractivity contribution is 6.12. The molecular formula is C48H70N4O13. The van der Waals surface area contributed by atoms with Gasteiger partial charge in [-0.2, -0.15) is 0 Å². The molecule has 17 nitrogen and oxygen atoms in total. The number of aliphatic hydroxyl groups excluding tert-OH is 1. The lowest BCUT2D eigenvalue weighted by Gasteiger charge is -2.56. The molecule has 12 unspecified atom stereocenters. The highest BCUT2D eigenvalue weighted by Crippen LogP contribution is 2.68. The predicted molar refractivity (Wildman–Crippen MR) is 235 cm³/mol. The van der Waals surface area contributed by atoms with Gasteiger partial charge in [-0.3, -0.25) is 38.5 Å². The van der Waals surface area contributed by atoms with Gasteiger partial charge in [0.15, 0.2) is 29.7 Å². The molecule has 360 valence electrons. The second kappa shape index (κ2) is 22.0. The first-order valence-electron chi connectivity index (χ1n) is 23.7. The minimum Gasteiger partial charge on any atom is -0.462 e. The fourth-order valence-corrected chi connectivity index (χ4v) is 11.6. The van der Waals surface area contributed by atoms with E-state index in [1.807, 2.05) is 6.92 Å².